The van der Waals surface area contributed by atoms with Crippen LogP contribution in [0, 0.1) is 0 Å². The van der Waals surface area contributed by atoms with Gasteiger partial charge in [-0.3, -0.25) is 4.98 Å². The minimum Gasteiger partial charge on any atom is -0.368 e. The van der Waals surface area contributed by atoms with Gasteiger partial charge in [-0.25, -0.2) is 4.98 Å². The number of imidazole rings is 1. The first-order valence-electron chi connectivity index (χ1n) is 15.1. The second-order valence-corrected chi connectivity index (χ2v) is 10.8. The van der Waals surface area contributed by atoms with Gasteiger partial charge in [0.15, 0.2) is 6.29 Å². The van der Waals surface area contributed by atoms with Crippen LogP contribution in [0.2, 0.25) is 0 Å². The molecule has 11 heteroatoms. The average Bonchev–Trinajstić information content (AvgIpc) is 3.76. The molecule has 3 aromatic heterocycles. The number of nitrogens with zero attached hydrogens (tertiary/aromatic N) is 2. The van der Waals surface area contributed by atoms with Crippen LogP contribution >= 0.6 is 0 Å². The van der Waals surface area contributed by atoms with Crippen LogP contribution in [-0.2, 0) is 54.7 Å². The van der Waals surface area contributed by atoms with Crippen molar-refractivity contribution in [3.63, 3.8) is 0 Å². The first kappa shape index (κ1) is 31.1. The third kappa shape index (κ3) is 8.21. The van der Waals surface area contributed by atoms with Crippen molar-refractivity contribution < 1.29 is 28.4 Å². The molecule has 1 aliphatic rings. The number of fused-ring (bicyclic) bond motifs is 1. The Morgan fingerprint density at radius 2 is 1.56 bits per heavy atom. The van der Waals surface area contributed by atoms with E-state index in [1.807, 2.05) is 60.8 Å². The standard InChI is InChI=1S/C34H39N5O6/c35-22-40-21-30-31(42-19-25-9-6-13-36-15-25)32(43-18-24-7-2-1-3-8-24)33(44-20-27-17-37-23-39-27)34(45-30)41-14-12-26-16-38-29-11-5-4-10-28(26)29/h1-11,13,15-17,23,30-34,38H,12,14,18-22,35H2,(H,37,39)/t30-,31-,32+,33-,34-/m1/s1. The highest BCUT2D eigenvalue weighted by atomic mass is 16.7. The van der Waals surface area contributed by atoms with Gasteiger partial charge in [-0.1, -0.05) is 54.6 Å². The largest absolute Gasteiger partial charge is 0.368 e. The van der Waals surface area contributed by atoms with E-state index in [0.717, 1.165) is 27.9 Å². The highest BCUT2D eigenvalue weighted by Crippen LogP contribution is 2.31. The summed E-state index contributed by atoms with van der Waals surface area (Å²) in [5.41, 5.74) is 10.7. The summed E-state index contributed by atoms with van der Waals surface area (Å²) in [5, 5.41) is 1.17. The summed E-state index contributed by atoms with van der Waals surface area (Å²) in [5.74, 6) is 0. The molecular formula is C34H39N5O6. The van der Waals surface area contributed by atoms with E-state index in [1.54, 1.807) is 24.9 Å². The van der Waals surface area contributed by atoms with Crippen LogP contribution < -0.4 is 5.73 Å². The third-order valence-electron chi connectivity index (χ3n) is 7.76. The molecule has 0 amide bonds. The van der Waals surface area contributed by atoms with Crippen LogP contribution in [0.15, 0.2) is 97.8 Å². The predicted octanol–water partition coefficient (Wildman–Crippen LogP) is 4.26. The predicted molar refractivity (Wildman–Crippen MR) is 167 cm³/mol. The van der Waals surface area contributed by atoms with E-state index in [-0.39, 0.29) is 19.9 Å². The Hall–Kier alpha value is -3.94. The monoisotopic (exact) mass is 613 g/mol. The Bertz CT molecular complexity index is 1550. The lowest BCUT2D eigenvalue weighted by atomic mass is 9.98. The molecule has 1 saturated heterocycles. The Morgan fingerprint density at radius 3 is 2.38 bits per heavy atom. The van der Waals surface area contributed by atoms with E-state index in [0.29, 0.717) is 26.2 Å². The molecule has 45 heavy (non-hydrogen) atoms. The summed E-state index contributed by atoms with van der Waals surface area (Å²) in [6, 6.07) is 22.1. The quantitative estimate of drug-likeness (QED) is 0.139. The number of ether oxygens (including phenoxy) is 6. The van der Waals surface area contributed by atoms with E-state index in [1.165, 1.54) is 5.39 Å². The van der Waals surface area contributed by atoms with Gasteiger partial charge in [-0.2, -0.15) is 0 Å². The van der Waals surface area contributed by atoms with E-state index < -0.39 is 30.7 Å². The number of hydrogen-bond acceptors (Lipinski definition) is 9. The molecule has 0 bridgehead atoms. The number of benzene rings is 2. The van der Waals surface area contributed by atoms with Crippen LogP contribution in [0.3, 0.4) is 0 Å². The molecule has 5 aromatic rings. The van der Waals surface area contributed by atoms with Crippen molar-refractivity contribution in [1.29, 1.82) is 0 Å². The number of aromatic amines is 2. The van der Waals surface area contributed by atoms with Gasteiger partial charge in [0.2, 0.25) is 0 Å². The first-order valence-corrected chi connectivity index (χ1v) is 15.1. The Labute approximate surface area is 262 Å². The number of H-pyrrole nitrogens is 2. The third-order valence-corrected chi connectivity index (χ3v) is 7.76. The molecule has 6 rings (SSSR count). The van der Waals surface area contributed by atoms with Crippen molar-refractivity contribution >= 4 is 10.9 Å². The smallest absolute Gasteiger partial charge is 0.186 e. The summed E-state index contributed by atoms with van der Waals surface area (Å²) >= 11 is 0. The molecule has 236 valence electrons. The highest BCUT2D eigenvalue weighted by Gasteiger charge is 2.49. The van der Waals surface area contributed by atoms with Gasteiger partial charge in [0.05, 0.1) is 58.0 Å². The normalized spacial score (nSPS) is 21.8. The molecule has 0 unspecified atom stereocenters. The maximum Gasteiger partial charge on any atom is 0.186 e. The second-order valence-electron chi connectivity index (χ2n) is 10.8. The SMILES string of the molecule is NCOC[C@H]1O[C@@H](OCCc2c[nH]c3ccccc23)[C@H](OCc2cnc[nH]2)[C@@H](OCc2ccccc2)[C@@H]1OCc1cccnc1. The lowest BCUT2D eigenvalue weighted by molar-refractivity contribution is -0.328. The van der Waals surface area contributed by atoms with Gasteiger partial charge in [-0.05, 0) is 35.2 Å². The second kappa shape index (κ2) is 15.9. The van der Waals surface area contributed by atoms with E-state index in [9.17, 15) is 0 Å². The zero-order valence-corrected chi connectivity index (χ0v) is 25.0. The summed E-state index contributed by atoms with van der Waals surface area (Å²) in [6.07, 6.45) is 6.44. The van der Waals surface area contributed by atoms with Gasteiger partial charge in [0.1, 0.15) is 24.4 Å². The number of aromatic nitrogens is 4. The van der Waals surface area contributed by atoms with Gasteiger partial charge < -0.3 is 44.1 Å². The number of pyridine rings is 1. The maximum absolute atomic E-state index is 6.66. The van der Waals surface area contributed by atoms with Gasteiger partial charge in [0, 0.05) is 29.5 Å². The summed E-state index contributed by atoms with van der Waals surface area (Å²) < 4.78 is 38.4. The molecule has 0 saturated carbocycles. The minimum atomic E-state index is -0.775. The zero-order chi connectivity index (χ0) is 30.7. The lowest BCUT2D eigenvalue weighted by Crippen LogP contribution is -2.62. The van der Waals surface area contributed by atoms with Crippen LogP contribution in [-0.4, -0.2) is 70.6 Å². The van der Waals surface area contributed by atoms with E-state index in [4.69, 9.17) is 34.2 Å². The highest BCUT2D eigenvalue weighted by molar-refractivity contribution is 5.83. The summed E-state index contributed by atoms with van der Waals surface area (Å²) in [4.78, 5) is 14.8. The van der Waals surface area contributed by atoms with Crippen molar-refractivity contribution in [3.8, 4) is 0 Å². The van der Waals surface area contributed by atoms with E-state index in [2.05, 4.69) is 32.1 Å². The number of nitrogens with two attached hydrogens (primary N) is 1. The van der Waals surface area contributed by atoms with Crippen LogP contribution in [0.25, 0.3) is 10.9 Å². The fraction of sp³-hybridized carbons (Fsp3) is 0.353. The van der Waals surface area contributed by atoms with Crippen LogP contribution in [0.5, 0.6) is 0 Å². The molecule has 0 aliphatic carbocycles. The van der Waals surface area contributed by atoms with Gasteiger partial charge in [-0.15, -0.1) is 0 Å². The number of nitrogens with one attached hydrogen (secondary N) is 2. The summed E-state index contributed by atoms with van der Waals surface area (Å²) in [6.45, 7) is 1.51. The van der Waals surface area contributed by atoms with Crippen molar-refractivity contribution in [2.75, 3.05) is 19.9 Å². The first-order chi connectivity index (χ1) is 22.3. The Balaban J connectivity index is 1.26. The molecule has 0 radical (unpaired) electrons. The molecule has 11 nitrogen and oxygen atoms in total. The number of hydrogen-bond donors (Lipinski definition) is 3. The van der Waals surface area contributed by atoms with Gasteiger partial charge >= 0.3 is 0 Å². The zero-order valence-electron chi connectivity index (χ0n) is 25.0. The van der Waals surface area contributed by atoms with Crippen molar-refractivity contribution in [1.82, 2.24) is 19.9 Å². The lowest BCUT2D eigenvalue weighted by Gasteiger charge is -2.45. The fourth-order valence-electron chi connectivity index (χ4n) is 5.51. The van der Waals surface area contributed by atoms with E-state index >= 15 is 0 Å². The minimum absolute atomic E-state index is 0.0383. The molecular weight excluding hydrogens is 574 g/mol. The maximum atomic E-state index is 6.66. The molecule has 1 aliphatic heterocycles. The number of para-hydroxylation sites is 1. The molecule has 4 N–H and O–H groups in total. The molecule has 2 aromatic carbocycles. The molecule has 5 atom stereocenters. The number of rotatable bonds is 16. The Morgan fingerprint density at radius 1 is 0.756 bits per heavy atom. The fourth-order valence-corrected chi connectivity index (χ4v) is 5.51. The molecule has 0 spiro atoms. The van der Waals surface area contributed by atoms with Crippen molar-refractivity contribution in [2.24, 2.45) is 5.73 Å². The van der Waals surface area contributed by atoms with Gasteiger partial charge in [0.25, 0.3) is 0 Å². The Kier molecular flexibility index (Phi) is 11.0. The molecule has 1 fully saturated rings. The topological polar surface area (TPSA) is 139 Å². The van der Waals surface area contributed by atoms with Crippen LogP contribution in [0.1, 0.15) is 22.4 Å². The van der Waals surface area contributed by atoms with Crippen molar-refractivity contribution in [3.05, 3.63) is 120 Å². The van der Waals surface area contributed by atoms with Crippen LogP contribution in [0.4, 0.5) is 0 Å². The summed E-state index contributed by atoms with van der Waals surface area (Å²) in [7, 11) is 0. The van der Waals surface area contributed by atoms with Crippen molar-refractivity contribution in [2.45, 2.75) is 56.9 Å². The molecule has 4 heterocycles. The average molecular weight is 614 g/mol.